The highest BCUT2D eigenvalue weighted by Crippen LogP contribution is 2.38. The van der Waals surface area contributed by atoms with Gasteiger partial charge in [-0.25, -0.2) is 9.97 Å². The van der Waals surface area contributed by atoms with Gasteiger partial charge in [-0.05, 0) is 23.8 Å². The lowest BCUT2D eigenvalue weighted by molar-refractivity contribution is -0.136. The van der Waals surface area contributed by atoms with E-state index < -0.39 is 5.97 Å². The summed E-state index contributed by atoms with van der Waals surface area (Å²) in [5, 5.41) is 8.89. The summed E-state index contributed by atoms with van der Waals surface area (Å²) in [6.07, 6.45) is 6.04. The summed E-state index contributed by atoms with van der Waals surface area (Å²) in [6, 6.07) is 14.0. The van der Waals surface area contributed by atoms with Gasteiger partial charge >= 0.3 is 5.97 Å². The molecule has 2 aromatic carbocycles. The van der Waals surface area contributed by atoms with Crippen LogP contribution in [0.4, 0.5) is 23.1 Å². The van der Waals surface area contributed by atoms with E-state index in [1.54, 1.807) is 6.20 Å². The van der Waals surface area contributed by atoms with Crippen LogP contribution in [0.15, 0.2) is 48.7 Å². The Kier molecular flexibility index (Phi) is 5.69. The average molecular weight is 464 g/mol. The summed E-state index contributed by atoms with van der Waals surface area (Å²) in [5.41, 5.74) is 17.9. The van der Waals surface area contributed by atoms with Gasteiger partial charge in [0.1, 0.15) is 0 Å². The topological polar surface area (TPSA) is 144 Å². The van der Waals surface area contributed by atoms with E-state index in [-0.39, 0.29) is 24.6 Å². The first kappa shape index (κ1) is 21.9. The second kappa shape index (κ2) is 9.11. The molecule has 1 aliphatic rings. The first-order chi connectivity index (χ1) is 17.0. The minimum atomic E-state index is -0.863. The monoisotopic (exact) mass is 463 g/mol. The molecule has 5 rings (SSSR count). The highest BCUT2D eigenvalue weighted by atomic mass is 16.4. The van der Waals surface area contributed by atoms with Crippen LogP contribution < -0.4 is 16.4 Å². The number of aromatic nitrogens is 4. The molecule has 0 radical (unpaired) electrons. The Bertz CT molecular complexity index is 1550. The summed E-state index contributed by atoms with van der Waals surface area (Å²) in [6.45, 7) is 0.411. The molecule has 35 heavy (non-hydrogen) atoms. The van der Waals surface area contributed by atoms with E-state index in [9.17, 15) is 4.79 Å². The Hall–Kier alpha value is -4.97. The zero-order valence-electron chi connectivity index (χ0n) is 18.6. The third kappa shape index (κ3) is 4.45. The number of hydrogen-bond acceptors (Lipinski definition) is 8. The van der Waals surface area contributed by atoms with Crippen LogP contribution in [0.25, 0.3) is 23.3 Å². The molecule has 0 amide bonds. The molecule has 0 spiro atoms. The lowest BCUT2D eigenvalue weighted by atomic mass is 10.0. The molecular formula is C26H21N7O2. The fourth-order valence-corrected chi connectivity index (χ4v) is 3.97. The van der Waals surface area contributed by atoms with Crippen molar-refractivity contribution >= 4 is 52.4 Å². The summed E-state index contributed by atoms with van der Waals surface area (Å²) in [5.74, 6) is 5.48. The van der Waals surface area contributed by atoms with Crippen molar-refractivity contribution in [3.8, 4) is 11.8 Å². The van der Waals surface area contributed by atoms with Gasteiger partial charge in [0.25, 0.3) is 0 Å². The molecule has 3 heterocycles. The molecule has 4 aromatic rings. The van der Waals surface area contributed by atoms with Crippen molar-refractivity contribution in [1.82, 2.24) is 19.9 Å². The second-order valence-electron chi connectivity index (χ2n) is 7.91. The first-order valence-electron chi connectivity index (χ1n) is 10.9. The van der Waals surface area contributed by atoms with Gasteiger partial charge in [-0.3, -0.25) is 4.79 Å². The molecule has 1 aliphatic heterocycles. The van der Waals surface area contributed by atoms with Gasteiger partial charge in [-0.15, -0.1) is 0 Å². The van der Waals surface area contributed by atoms with Crippen LogP contribution in [0.2, 0.25) is 0 Å². The summed E-state index contributed by atoms with van der Waals surface area (Å²) in [4.78, 5) is 30.2. The van der Waals surface area contributed by atoms with E-state index in [4.69, 9.17) is 16.6 Å². The Balaban J connectivity index is 1.59. The molecule has 0 aliphatic carbocycles. The maximum atomic E-state index is 10.8. The van der Waals surface area contributed by atoms with Gasteiger partial charge in [-0.2, -0.15) is 9.97 Å². The maximum absolute atomic E-state index is 10.8. The van der Waals surface area contributed by atoms with Crippen molar-refractivity contribution in [3.63, 3.8) is 0 Å². The third-order valence-corrected chi connectivity index (χ3v) is 5.54. The van der Waals surface area contributed by atoms with Gasteiger partial charge < -0.3 is 21.5 Å². The van der Waals surface area contributed by atoms with Crippen LogP contribution >= 0.6 is 0 Å². The summed E-state index contributed by atoms with van der Waals surface area (Å²) < 4.78 is 0. The normalized spacial score (nSPS) is 11.8. The van der Waals surface area contributed by atoms with Gasteiger partial charge in [0.15, 0.2) is 17.0 Å². The number of anilines is 4. The largest absolute Gasteiger partial charge is 0.481 e. The Morgan fingerprint density at radius 3 is 2.69 bits per heavy atom. The fraction of sp³-hybridized carbons (Fsp3) is 0.115. The van der Waals surface area contributed by atoms with Gasteiger partial charge in [0, 0.05) is 23.2 Å². The predicted molar refractivity (Wildman–Crippen MR) is 135 cm³/mol. The summed E-state index contributed by atoms with van der Waals surface area (Å²) in [7, 11) is 0. The predicted octanol–water partition coefficient (Wildman–Crippen LogP) is 3.62. The van der Waals surface area contributed by atoms with E-state index in [1.165, 1.54) is 0 Å². The zero-order chi connectivity index (χ0) is 24.4. The molecule has 9 nitrogen and oxygen atoms in total. The fourth-order valence-electron chi connectivity index (χ4n) is 3.97. The smallest absolute Gasteiger partial charge is 0.304 e. The Morgan fingerprint density at radius 2 is 1.83 bits per heavy atom. The molecular weight excluding hydrogens is 442 g/mol. The quantitative estimate of drug-likeness (QED) is 0.386. The van der Waals surface area contributed by atoms with E-state index >= 15 is 0 Å². The summed E-state index contributed by atoms with van der Waals surface area (Å²) >= 11 is 0. The molecule has 0 fully saturated rings. The number of carboxylic acid groups (broad SMARTS) is 1. The molecule has 5 N–H and O–H groups in total. The lowest BCUT2D eigenvalue weighted by Gasteiger charge is -2.27. The lowest BCUT2D eigenvalue weighted by Crippen LogP contribution is -2.19. The number of fused-ring (bicyclic) bond motifs is 3. The van der Waals surface area contributed by atoms with E-state index in [2.05, 4.69) is 42.8 Å². The number of hydrogen-bond donors (Lipinski definition) is 3. The highest BCUT2D eigenvalue weighted by molar-refractivity contribution is 5.90. The van der Waals surface area contributed by atoms with Gasteiger partial charge in [0.05, 0.1) is 30.5 Å². The number of nitrogens with zero attached hydrogens (tertiary/aromatic N) is 5. The molecule has 0 saturated carbocycles. The van der Waals surface area contributed by atoms with E-state index in [0.717, 1.165) is 28.1 Å². The minimum Gasteiger partial charge on any atom is -0.481 e. The molecule has 0 saturated heterocycles. The van der Waals surface area contributed by atoms with Crippen LogP contribution in [0, 0.1) is 11.8 Å². The van der Waals surface area contributed by atoms with E-state index in [1.807, 2.05) is 48.5 Å². The van der Waals surface area contributed by atoms with Crippen molar-refractivity contribution in [2.24, 2.45) is 0 Å². The van der Waals surface area contributed by atoms with E-state index in [0.29, 0.717) is 23.4 Å². The first-order valence-corrected chi connectivity index (χ1v) is 10.9. The highest BCUT2D eigenvalue weighted by Gasteiger charge is 2.21. The van der Waals surface area contributed by atoms with Crippen molar-refractivity contribution in [2.75, 3.05) is 16.4 Å². The van der Waals surface area contributed by atoms with Crippen molar-refractivity contribution in [2.45, 2.75) is 19.4 Å². The number of carboxylic acids is 1. The second-order valence-corrected chi connectivity index (χ2v) is 7.91. The molecule has 9 heteroatoms. The molecule has 0 atom stereocenters. The molecule has 172 valence electrons. The maximum Gasteiger partial charge on any atom is 0.304 e. The third-order valence-electron chi connectivity index (χ3n) is 5.54. The number of rotatable bonds is 4. The van der Waals surface area contributed by atoms with Crippen LogP contribution in [-0.2, 0) is 11.3 Å². The average Bonchev–Trinajstić information content (AvgIpc) is 3.00. The van der Waals surface area contributed by atoms with Crippen LogP contribution in [-0.4, -0.2) is 31.0 Å². The number of aliphatic carboxylic acids is 1. The molecule has 2 aromatic heterocycles. The number of benzene rings is 2. The standard InChI is InChI=1S/C26H21N7O2/c27-24-23-25(32-26(28)31-24)29-14-18(30-23)15-33-20-9-3-1-7-17(20)12-13-19-16(8-5-10-21(19)33)6-2-4-11-22(34)35/h1,3,5,7-10,12-14H,4,11,15H2,(H,34,35)(H4,27,28,29,31,32). The minimum absolute atomic E-state index is 0.00849. The van der Waals surface area contributed by atoms with Crippen LogP contribution in [0.1, 0.15) is 35.2 Å². The number of nitrogens with two attached hydrogens (primary N) is 2. The number of nitrogen functional groups attached to an aromatic ring is 2. The van der Waals surface area contributed by atoms with Gasteiger partial charge in [0.2, 0.25) is 5.95 Å². The van der Waals surface area contributed by atoms with Gasteiger partial charge in [-0.1, -0.05) is 48.3 Å². The SMILES string of the molecule is Nc1nc(N)c2nc(CN3c4ccccc4C=Cc4c(C#CCCC(=O)O)cccc43)cnc2n1. The Labute approximate surface area is 201 Å². The zero-order valence-corrected chi connectivity index (χ0v) is 18.6. The van der Waals surface area contributed by atoms with Crippen molar-refractivity contribution < 1.29 is 9.90 Å². The number of para-hydroxylation sites is 1. The molecule has 0 unspecified atom stereocenters. The van der Waals surface area contributed by atoms with Crippen molar-refractivity contribution in [3.05, 3.63) is 71.0 Å². The van der Waals surface area contributed by atoms with Crippen molar-refractivity contribution in [1.29, 1.82) is 0 Å². The Morgan fingerprint density at radius 1 is 1.00 bits per heavy atom. The van der Waals surface area contributed by atoms with Crippen LogP contribution in [0.3, 0.4) is 0 Å². The molecule has 0 bridgehead atoms. The van der Waals surface area contributed by atoms with Crippen LogP contribution in [0.5, 0.6) is 0 Å². The number of carbonyl (C=O) groups is 1.